The summed E-state index contributed by atoms with van der Waals surface area (Å²) in [7, 11) is 0. The summed E-state index contributed by atoms with van der Waals surface area (Å²) in [6.45, 7) is 1.87. The van der Waals surface area contributed by atoms with Gasteiger partial charge >= 0.3 is 0 Å². The van der Waals surface area contributed by atoms with Crippen LogP contribution in [0.15, 0.2) is 30.3 Å². The maximum Gasteiger partial charge on any atom is 0.0707 e. The molecule has 1 aromatic carbocycles. The van der Waals surface area contributed by atoms with Gasteiger partial charge in [-0.2, -0.15) is 0 Å². The molecule has 0 aliphatic carbocycles. The first-order chi connectivity index (χ1) is 6.02. The summed E-state index contributed by atoms with van der Waals surface area (Å²) >= 11 is 0. The first-order valence-electron chi connectivity index (χ1n) is 4.36. The lowest BCUT2D eigenvalue weighted by Crippen LogP contribution is -2.59. The third kappa shape index (κ3) is 2.81. The summed E-state index contributed by atoms with van der Waals surface area (Å²) in [5, 5.41) is 0. The van der Waals surface area contributed by atoms with Crippen LogP contribution in [-0.4, -0.2) is 11.7 Å². The monoisotopic (exact) mass is 179 g/mol. The molecule has 3 heteroatoms. The van der Waals surface area contributed by atoms with Gasteiger partial charge < -0.3 is 17.2 Å². The van der Waals surface area contributed by atoms with E-state index in [1.807, 2.05) is 37.3 Å². The Hall–Kier alpha value is -0.900. The summed E-state index contributed by atoms with van der Waals surface area (Å²) in [6.07, 6.45) is 0.207. The van der Waals surface area contributed by atoms with Crippen molar-refractivity contribution in [2.24, 2.45) is 17.2 Å². The van der Waals surface area contributed by atoms with Crippen LogP contribution in [0, 0.1) is 0 Å². The highest BCUT2D eigenvalue weighted by atomic mass is 15.0. The van der Waals surface area contributed by atoms with E-state index < -0.39 is 11.7 Å². The second kappa shape index (κ2) is 3.87. The quantitative estimate of drug-likeness (QED) is 0.580. The molecule has 0 amide bonds. The summed E-state index contributed by atoms with van der Waals surface area (Å²) in [4.78, 5) is 0. The zero-order valence-corrected chi connectivity index (χ0v) is 7.90. The Kier molecular flexibility index (Phi) is 3.03. The summed E-state index contributed by atoms with van der Waals surface area (Å²) in [6, 6.07) is 9.97. The Balaban J connectivity index is 2.69. The average Bonchev–Trinajstić information content (AvgIpc) is 2.05. The molecule has 1 atom stereocenters. The molecule has 0 saturated carbocycles. The molecule has 0 saturated heterocycles. The van der Waals surface area contributed by atoms with Gasteiger partial charge in [-0.1, -0.05) is 30.3 Å². The first kappa shape index (κ1) is 10.2. The molecule has 1 aromatic rings. The molecule has 0 aromatic heterocycles. The molecule has 0 aliphatic rings. The zero-order valence-electron chi connectivity index (χ0n) is 7.90. The summed E-state index contributed by atoms with van der Waals surface area (Å²) < 4.78 is 0. The van der Waals surface area contributed by atoms with E-state index in [4.69, 9.17) is 17.2 Å². The fraction of sp³-hybridized carbons (Fsp3) is 0.400. The number of hydrogen-bond donors (Lipinski definition) is 3. The molecule has 0 bridgehead atoms. The predicted octanol–water partition coefficient (Wildman–Crippen LogP) is 0.190. The second-order valence-corrected chi connectivity index (χ2v) is 3.69. The van der Waals surface area contributed by atoms with E-state index in [0.717, 1.165) is 5.56 Å². The third-order valence-corrected chi connectivity index (χ3v) is 2.19. The van der Waals surface area contributed by atoms with Gasteiger partial charge in [0, 0.05) is 5.54 Å². The molecule has 3 nitrogen and oxygen atoms in total. The number of rotatable bonds is 3. The van der Waals surface area contributed by atoms with Gasteiger partial charge in [-0.3, -0.25) is 0 Å². The number of benzene rings is 1. The third-order valence-electron chi connectivity index (χ3n) is 2.19. The Bertz CT molecular complexity index is 254. The van der Waals surface area contributed by atoms with Crippen molar-refractivity contribution < 1.29 is 0 Å². The molecule has 0 fully saturated rings. The van der Waals surface area contributed by atoms with Crippen LogP contribution in [0.5, 0.6) is 0 Å². The maximum atomic E-state index is 5.94. The normalized spacial score (nSPS) is 15.8. The van der Waals surface area contributed by atoms with Crippen molar-refractivity contribution in [3.63, 3.8) is 0 Å². The summed E-state index contributed by atoms with van der Waals surface area (Å²) in [5.41, 5.74) is 17.7. The van der Waals surface area contributed by atoms with Crippen LogP contribution < -0.4 is 17.2 Å². The van der Waals surface area contributed by atoms with Gasteiger partial charge in [0.2, 0.25) is 0 Å². The second-order valence-electron chi connectivity index (χ2n) is 3.69. The number of hydrogen-bond acceptors (Lipinski definition) is 3. The Labute approximate surface area is 78.9 Å². The molecule has 0 heterocycles. The van der Waals surface area contributed by atoms with Crippen molar-refractivity contribution in [2.45, 2.75) is 25.0 Å². The largest absolute Gasteiger partial charge is 0.323 e. The fourth-order valence-electron chi connectivity index (χ4n) is 1.15. The minimum atomic E-state index is -0.540. The molecule has 13 heavy (non-hydrogen) atoms. The lowest BCUT2D eigenvalue weighted by Gasteiger charge is -2.28. The van der Waals surface area contributed by atoms with Crippen molar-refractivity contribution >= 4 is 0 Å². The van der Waals surface area contributed by atoms with Crippen LogP contribution in [-0.2, 0) is 6.42 Å². The molecule has 0 radical (unpaired) electrons. The van der Waals surface area contributed by atoms with Crippen LogP contribution in [0.3, 0.4) is 0 Å². The Morgan fingerprint density at radius 1 is 1.23 bits per heavy atom. The van der Waals surface area contributed by atoms with Crippen LogP contribution in [0.25, 0.3) is 0 Å². The minimum Gasteiger partial charge on any atom is -0.323 e. The van der Waals surface area contributed by atoms with Gasteiger partial charge in [0.05, 0.1) is 6.17 Å². The lowest BCUT2D eigenvalue weighted by atomic mass is 9.91. The Morgan fingerprint density at radius 2 is 1.77 bits per heavy atom. The highest BCUT2D eigenvalue weighted by Gasteiger charge is 2.23. The van der Waals surface area contributed by atoms with E-state index in [1.165, 1.54) is 0 Å². The van der Waals surface area contributed by atoms with Gasteiger partial charge in [-0.15, -0.1) is 0 Å². The van der Waals surface area contributed by atoms with Crippen molar-refractivity contribution in [2.75, 3.05) is 0 Å². The first-order valence-corrected chi connectivity index (χ1v) is 4.36. The van der Waals surface area contributed by atoms with E-state index in [9.17, 15) is 0 Å². The molecular weight excluding hydrogens is 162 g/mol. The van der Waals surface area contributed by atoms with E-state index in [2.05, 4.69) is 0 Å². The Morgan fingerprint density at radius 3 is 2.23 bits per heavy atom. The highest BCUT2D eigenvalue weighted by molar-refractivity contribution is 5.18. The van der Waals surface area contributed by atoms with Gasteiger partial charge in [0.25, 0.3) is 0 Å². The SMILES string of the molecule is CC(N)(Cc1ccccc1)C(N)N. The van der Waals surface area contributed by atoms with Crippen LogP contribution in [0.4, 0.5) is 0 Å². The van der Waals surface area contributed by atoms with Gasteiger partial charge in [0.1, 0.15) is 0 Å². The van der Waals surface area contributed by atoms with E-state index in [-0.39, 0.29) is 0 Å². The van der Waals surface area contributed by atoms with Crippen molar-refractivity contribution in [1.82, 2.24) is 0 Å². The molecule has 6 N–H and O–H groups in total. The van der Waals surface area contributed by atoms with Gasteiger partial charge in [-0.05, 0) is 18.9 Å². The molecule has 1 unspecified atom stereocenters. The fourth-order valence-corrected chi connectivity index (χ4v) is 1.15. The standard InChI is InChI=1S/C10H17N3/c1-10(13,9(11)12)7-8-5-3-2-4-6-8/h2-6,9H,7,11-13H2,1H3. The molecule has 72 valence electrons. The molecular formula is C10H17N3. The number of nitrogens with two attached hydrogens (primary N) is 3. The predicted molar refractivity (Wildman–Crippen MR) is 54.9 cm³/mol. The van der Waals surface area contributed by atoms with E-state index in [1.54, 1.807) is 0 Å². The topological polar surface area (TPSA) is 78.1 Å². The van der Waals surface area contributed by atoms with Crippen molar-refractivity contribution in [3.8, 4) is 0 Å². The zero-order chi connectivity index (χ0) is 9.90. The van der Waals surface area contributed by atoms with Gasteiger partial charge in [-0.25, -0.2) is 0 Å². The van der Waals surface area contributed by atoms with Crippen LogP contribution in [0.1, 0.15) is 12.5 Å². The molecule has 1 rings (SSSR count). The average molecular weight is 179 g/mol. The molecule has 0 aliphatic heterocycles. The van der Waals surface area contributed by atoms with Gasteiger partial charge in [0.15, 0.2) is 0 Å². The smallest absolute Gasteiger partial charge is 0.0707 e. The van der Waals surface area contributed by atoms with Crippen LogP contribution in [0.2, 0.25) is 0 Å². The summed E-state index contributed by atoms with van der Waals surface area (Å²) in [5.74, 6) is 0. The van der Waals surface area contributed by atoms with E-state index >= 15 is 0 Å². The van der Waals surface area contributed by atoms with E-state index in [0.29, 0.717) is 6.42 Å². The molecule has 0 spiro atoms. The van der Waals surface area contributed by atoms with Crippen molar-refractivity contribution in [1.29, 1.82) is 0 Å². The maximum absolute atomic E-state index is 5.94. The van der Waals surface area contributed by atoms with Crippen LogP contribution >= 0.6 is 0 Å². The minimum absolute atomic E-state index is 0.493. The highest BCUT2D eigenvalue weighted by Crippen LogP contribution is 2.10. The van der Waals surface area contributed by atoms with Crippen molar-refractivity contribution in [3.05, 3.63) is 35.9 Å². The lowest BCUT2D eigenvalue weighted by molar-refractivity contribution is 0.379.